The first kappa shape index (κ1) is 45.9. The Hall–Kier alpha value is -3.75. The van der Waals surface area contributed by atoms with Crippen molar-refractivity contribution in [3.8, 4) is 0 Å². The Morgan fingerprint density at radius 2 is 1.51 bits per heavy atom. The number of carbonyl (C=O) groups is 3. The average Bonchev–Trinajstić information content (AvgIpc) is 3.60. The predicted octanol–water partition coefficient (Wildman–Crippen LogP) is 8.98. The molecule has 0 unspecified atom stereocenters. The molecule has 2 amide bonds. The third-order valence-corrected chi connectivity index (χ3v) is 20.6. The van der Waals surface area contributed by atoms with Crippen LogP contribution in [0.5, 0.6) is 0 Å². The smallest absolute Gasteiger partial charge is 0.411 e. The SMILES string of the molecule is CC(C)[C@H](NC(=O)OC(C)(C)C)C(=O)O[C@@H]1[C@@H]2O[Si](C(C)C)(C(C)C)O[Si](C(C)C)(C(C)C)OC[C@H]2N(C(=O)OC(C)(C)C)[C@H]1c1c[nH]c2c(N=[N+]=[N-])ncnc12. The molecule has 0 radical (unpaired) electrons. The first-order chi connectivity index (χ1) is 26.3. The number of aromatic amines is 1. The molecule has 19 heteroatoms. The third-order valence-electron chi connectivity index (χ3n) is 10.4. The second-order valence-corrected chi connectivity index (χ2v) is 27.4. The van der Waals surface area contributed by atoms with Gasteiger partial charge in [0, 0.05) is 16.7 Å². The zero-order valence-corrected chi connectivity index (χ0v) is 38.5. The zero-order valence-electron chi connectivity index (χ0n) is 36.5. The van der Waals surface area contributed by atoms with Crippen LogP contribution in [0.25, 0.3) is 21.5 Å². The van der Waals surface area contributed by atoms with Crippen molar-refractivity contribution < 1.29 is 41.6 Å². The maximum atomic E-state index is 14.8. The van der Waals surface area contributed by atoms with E-state index in [0.717, 1.165) is 0 Å². The fourth-order valence-electron chi connectivity index (χ4n) is 7.84. The van der Waals surface area contributed by atoms with Gasteiger partial charge in [-0.05, 0) is 80.3 Å². The van der Waals surface area contributed by atoms with Gasteiger partial charge in [0.2, 0.25) is 0 Å². The molecule has 2 aromatic heterocycles. The van der Waals surface area contributed by atoms with Gasteiger partial charge in [-0.2, -0.15) is 0 Å². The zero-order chi connectivity index (χ0) is 43.0. The highest BCUT2D eigenvalue weighted by molar-refractivity contribution is 6.84. The van der Waals surface area contributed by atoms with Crippen molar-refractivity contribution in [3.05, 3.63) is 28.5 Å². The monoisotopic (exact) mass is 832 g/mol. The van der Waals surface area contributed by atoms with E-state index in [1.165, 1.54) is 6.33 Å². The van der Waals surface area contributed by atoms with Crippen molar-refractivity contribution in [1.82, 2.24) is 25.2 Å². The van der Waals surface area contributed by atoms with Gasteiger partial charge in [-0.3, -0.25) is 4.90 Å². The van der Waals surface area contributed by atoms with Crippen molar-refractivity contribution in [3.63, 3.8) is 0 Å². The van der Waals surface area contributed by atoms with Crippen LogP contribution in [0.3, 0.4) is 0 Å². The van der Waals surface area contributed by atoms with Crippen molar-refractivity contribution >= 4 is 52.1 Å². The fourth-order valence-corrected chi connectivity index (χ4v) is 19.1. The molecule has 2 N–H and O–H groups in total. The lowest BCUT2D eigenvalue weighted by Crippen LogP contribution is -2.66. The molecule has 2 aromatic rings. The van der Waals surface area contributed by atoms with E-state index in [1.54, 1.807) is 66.5 Å². The summed E-state index contributed by atoms with van der Waals surface area (Å²) in [6, 6.07) is -3.07. The van der Waals surface area contributed by atoms with Crippen LogP contribution in [0.15, 0.2) is 17.6 Å². The highest BCUT2D eigenvalue weighted by atomic mass is 28.5. The summed E-state index contributed by atoms with van der Waals surface area (Å²) in [7, 11) is -6.48. The molecule has 0 aromatic carbocycles. The van der Waals surface area contributed by atoms with Gasteiger partial charge in [0.05, 0.1) is 23.7 Å². The van der Waals surface area contributed by atoms with Crippen LogP contribution in [0.2, 0.25) is 22.2 Å². The molecule has 2 fully saturated rings. The number of likely N-dealkylation sites (tertiary alicyclic amines) is 1. The molecule has 57 heavy (non-hydrogen) atoms. The minimum Gasteiger partial charge on any atom is -0.455 e. The van der Waals surface area contributed by atoms with E-state index < -0.39 is 82.7 Å². The fraction of sp³-hybridized carbons (Fsp3) is 0.763. The molecular weight excluding hydrogens is 769 g/mol. The molecule has 2 saturated heterocycles. The highest BCUT2D eigenvalue weighted by Gasteiger charge is 2.65. The number of alkyl carbamates (subject to hydrolysis) is 1. The molecule has 0 spiro atoms. The van der Waals surface area contributed by atoms with Crippen LogP contribution in [-0.2, 0) is 32.0 Å². The number of hydrogen-bond acceptors (Lipinski definition) is 12. The number of amides is 2. The summed E-state index contributed by atoms with van der Waals surface area (Å²) in [5, 5.41) is 6.45. The van der Waals surface area contributed by atoms with Crippen LogP contribution < -0.4 is 5.32 Å². The van der Waals surface area contributed by atoms with E-state index in [2.05, 4.69) is 85.7 Å². The van der Waals surface area contributed by atoms with Crippen LogP contribution in [0.1, 0.15) is 122 Å². The number of azide groups is 1. The van der Waals surface area contributed by atoms with Gasteiger partial charge >= 0.3 is 35.3 Å². The number of esters is 1. The molecule has 318 valence electrons. The summed E-state index contributed by atoms with van der Waals surface area (Å²) in [6.07, 6.45) is -0.793. The number of fused-ring (bicyclic) bond motifs is 2. The standard InChI is InChI=1S/C38H64N8O9Si2/c1-20(2)27(43-35(48)52-37(11,12)13)34(47)51-32-30(25-17-40-29-28(25)41-19-42-33(29)44-45-39)46(36(49)53-38(14,15)16)26-18-50-56(21(3)4,22(5)6)55-57(23(7)8,24(9)10)54-31(26)32/h17,19-24,26-27,30-32,40H,18H2,1-16H3,(H,43,48)/t26-,27+,30+,31-,32+/m1/s1. The van der Waals surface area contributed by atoms with Crippen LogP contribution in [0.4, 0.5) is 15.4 Å². The van der Waals surface area contributed by atoms with Gasteiger partial charge in [-0.25, -0.2) is 24.4 Å². The Morgan fingerprint density at radius 1 is 0.930 bits per heavy atom. The quantitative estimate of drug-likeness (QED) is 0.0576. The minimum atomic E-state index is -3.37. The summed E-state index contributed by atoms with van der Waals surface area (Å²) in [5.41, 5.74) is 8.48. The molecule has 0 bridgehead atoms. The van der Waals surface area contributed by atoms with Crippen LogP contribution in [-0.4, -0.2) is 97.2 Å². The van der Waals surface area contributed by atoms with Gasteiger partial charge in [0.15, 0.2) is 11.9 Å². The molecule has 17 nitrogen and oxygen atoms in total. The number of rotatable bonds is 10. The first-order valence-corrected chi connectivity index (χ1v) is 23.8. The average molecular weight is 833 g/mol. The first-order valence-electron chi connectivity index (χ1n) is 19.9. The van der Waals surface area contributed by atoms with E-state index in [4.69, 9.17) is 27.2 Å². The van der Waals surface area contributed by atoms with Crippen molar-refractivity contribution in [2.75, 3.05) is 6.61 Å². The lowest BCUT2D eigenvalue weighted by Gasteiger charge is -2.52. The Labute approximate surface area is 338 Å². The maximum Gasteiger partial charge on any atom is 0.411 e. The molecule has 2 aliphatic heterocycles. The molecule has 4 rings (SSSR count). The molecule has 0 saturated carbocycles. The van der Waals surface area contributed by atoms with Gasteiger partial charge < -0.3 is 37.5 Å². The number of ether oxygens (including phenoxy) is 3. The Bertz CT molecular complexity index is 1800. The van der Waals surface area contributed by atoms with E-state index in [0.29, 0.717) is 16.6 Å². The van der Waals surface area contributed by atoms with Gasteiger partial charge in [0.25, 0.3) is 0 Å². The number of aromatic nitrogens is 3. The van der Waals surface area contributed by atoms with Crippen molar-refractivity contribution in [1.29, 1.82) is 0 Å². The van der Waals surface area contributed by atoms with Gasteiger partial charge in [-0.1, -0.05) is 69.2 Å². The summed E-state index contributed by atoms with van der Waals surface area (Å²) in [5.74, 6) is -1.15. The summed E-state index contributed by atoms with van der Waals surface area (Å²) in [6.45, 7) is 30.8. The van der Waals surface area contributed by atoms with Crippen molar-refractivity contribution in [2.24, 2.45) is 11.0 Å². The lowest BCUT2D eigenvalue weighted by molar-refractivity contribution is -0.159. The summed E-state index contributed by atoms with van der Waals surface area (Å²) >= 11 is 0. The molecular formula is C38H64N8O9Si2. The molecule has 5 atom stereocenters. The lowest BCUT2D eigenvalue weighted by atomic mass is 10.0. The molecule has 4 heterocycles. The van der Waals surface area contributed by atoms with Gasteiger partial charge in [-0.15, -0.1) is 0 Å². The van der Waals surface area contributed by atoms with Crippen LogP contribution in [0, 0.1) is 5.92 Å². The Kier molecular flexibility index (Phi) is 13.9. The summed E-state index contributed by atoms with van der Waals surface area (Å²) in [4.78, 5) is 58.8. The minimum absolute atomic E-state index is 0.0111. The Balaban J connectivity index is 2.05. The van der Waals surface area contributed by atoms with E-state index in [-0.39, 0.29) is 34.6 Å². The second kappa shape index (κ2) is 17.2. The number of nitrogens with one attached hydrogen (secondary N) is 2. The topological polar surface area (TPSA) is 212 Å². The highest BCUT2D eigenvalue weighted by Crippen LogP contribution is 2.51. The largest absolute Gasteiger partial charge is 0.455 e. The normalized spacial score (nSPS) is 22.9. The molecule has 2 aliphatic rings. The van der Waals surface area contributed by atoms with Gasteiger partial charge in [0.1, 0.15) is 35.7 Å². The number of carbonyl (C=O) groups excluding carboxylic acids is 3. The number of H-pyrrole nitrogens is 1. The van der Waals surface area contributed by atoms with Crippen molar-refractivity contribution in [2.45, 2.75) is 174 Å². The maximum absolute atomic E-state index is 14.8. The third kappa shape index (κ3) is 9.60. The Morgan fingerprint density at radius 3 is 2.02 bits per heavy atom. The van der Waals surface area contributed by atoms with Crippen LogP contribution >= 0.6 is 0 Å². The predicted molar refractivity (Wildman–Crippen MR) is 219 cm³/mol. The molecule has 0 aliphatic carbocycles. The van der Waals surface area contributed by atoms with E-state index in [9.17, 15) is 19.9 Å². The number of hydrogen-bond donors (Lipinski definition) is 2. The summed E-state index contributed by atoms with van der Waals surface area (Å²) < 4.78 is 40.4. The number of nitrogens with zero attached hydrogens (tertiary/aromatic N) is 6. The van der Waals surface area contributed by atoms with E-state index in [1.807, 2.05) is 0 Å². The second-order valence-electron chi connectivity index (χ2n) is 18.6. The van der Waals surface area contributed by atoms with E-state index >= 15 is 0 Å².